The topological polar surface area (TPSA) is 0 Å². The fraction of sp³-hybridized carbons (Fsp3) is 1.00. The van der Waals surface area contributed by atoms with Crippen molar-refractivity contribution >= 4 is 50.9 Å². The van der Waals surface area contributed by atoms with E-state index in [1.807, 2.05) is 0 Å². The molecule has 0 heterocycles. The molecule has 0 aliphatic carbocycles. The van der Waals surface area contributed by atoms with Gasteiger partial charge in [0.15, 0.2) is 0 Å². The van der Waals surface area contributed by atoms with E-state index in [4.69, 9.17) is 0 Å². The summed E-state index contributed by atoms with van der Waals surface area (Å²) in [6.07, 6.45) is 11.5. The molecule has 0 atom stereocenters. The second-order valence-corrected chi connectivity index (χ2v) is 3.12. The maximum Gasteiger partial charge on any atom is -0.0533 e. The quantitative estimate of drug-likeness (QED) is 0.480. The fourth-order valence-corrected chi connectivity index (χ4v) is 1.21. The summed E-state index contributed by atoms with van der Waals surface area (Å²) in [5, 5.41) is 0. The Bertz CT molecular complexity index is 50.1. The lowest BCUT2D eigenvalue weighted by Crippen LogP contribution is -1.77. The third kappa shape index (κ3) is 24.7. The summed E-state index contributed by atoms with van der Waals surface area (Å²) in [6, 6.07) is 0. The van der Waals surface area contributed by atoms with Crippen LogP contribution in [0.15, 0.2) is 0 Å². The first-order valence-corrected chi connectivity index (χ1v) is 4.91. The van der Waals surface area contributed by atoms with Crippen LogP contribution in [0.25, 0.3) is 0 Å². The number of unbranched alkanes of at least 4 members (excludes halogenated alkanes) is 7. The number of rotatable bonds is 7. The zero-order valence-electron chi connectivity index (χ0n) is 8.88. The molecule has 0 aliphatic heterocycles. The first-order valence-electron chi connectivity index (χ1n) is 4.91. The molecule has 0 saturated heterocycles. The molecular weight excluding hydrogens is 360 g/mol. The molecule has 0 amide bonds. The van der Waals surface area contributed by atoms with Gasteiger partial charge >= 0.3 is 0 Å². The van der Waals surface area contributed by atoms with Crippen molar-refractivity contribution in [3.63, 3.8) is 0 Å². The molecule has 0 aromatic carbocycles. The minimum absolute atomic E-state index is 0. The van der Waals surface area contributed by atoms with E-state index in [2.05, 4.69) is 13.8 Å². The van der Waals surface area contributed by atoms with Crippen molar-refractivity contribution in [3.05, 3.63) is 0 Å². The predicted molar refractivity (Wildman–Crippen MR) is 79.3 cm³/mol. The third-order valence-corrected chi connectivity index (χ3v) is 1.96. The zero-order chi connectivity index (χ0) is 7.66. The van der Waals surface area contributed by atoms with E-state index in [1.54, 1.807) is 0 Å². The van der Waals surface area contributed by atoms with Gasteiger partial charge < -0.3 is 0 Å². The highest BCUT2D eigenvalue weighted by molar-refractivity contribution is 8.93. The Morgan fingerprint density at radius 1 is 0.462 bits per heavy atom. The van der Waals surface area contributed by atoms with Gasteiger partial charge in [0.1, 0.15) is 0 Å². The second kappa shape index (κ2) is 23.3. The largest absolute Gasteiger partial charge is 0.114 e. The molecule has 0 nitrogen and oxygen atoms in total. The lowest BCUT2D eigenvalue weighted by molar-refractivity contribution is 0.585. The van der Waals surface area contributed by atoms with Gasteiger partial charge in [-0.1, -0.05) is 65.2 Å². The first-order chi connectivity index (χ1) is 4.91. The summed E-state index contributed by atoms with van der Waals surface area (Å²) in [5.41, 5.74) is 0. The van der Waals surface area contributed by atoms with Gasteiger partial charge in [-0.15, -0.1) is 50.9 Å². The fourth-order valence-electron chi connectivity index (χ4n) is 1.21. The molecule has 0 aromatic rings. The molecule has 0 unspecified atom stereocenters. The number of hydrogen-bond donors (Lipinski definition) is 0. The molecule has 3 heteroatoms. The lowest BCUT2D eigenvalue weighted by atomic mass is 10.1. The maximum atomic E-state index is 2.27. The van der Waals surface area contributed by atoms with Gasteiger partial charge in [0, 0.05) is 0 Å². The van der Waals surface area contributed by atoms with E-state index in [0.29, 0.717) is 0 Å². The van der Waals surface area contributed by atoms with Crippen LogP contribution in [-0.4, -0.2) is 0 Å². The molecule has 0 fully saturated rings. The van der Waals surface area contributed by atoms with Gasteiger partial charge in [0.05, 0.1) is 0 Å². The van der Waals surface area contributed by atoms with Crippen molar-refractivity contribution in [2.45, 2.75) is 65.2 Å². The number of halogens is 3. The third-order valence-electron chi connectivity index (χ3n) is 1.96. The lowest BCUT2D eigenvalue weighted by Gasteiger charge is -1.97. The smallest absolute Gasteiger partial charge is 0.0533 e. The zero-order valence-corrected chi connectivity index (χ0v) is 14.0. The molecule has 13 heavy (non-hydrogen) atoms. The van der Waals surface area contributed by atoms with Gasteiger partial charge in [0.25, 0.3) is 0 Å². The summed E-state index contributed by atoms with van der Waals surface area (Å²) in [7, 11) is 0. The van der Waals surface area contributed by atoms with Gasteiger partial charge in [-0.3, -0.25) is 0 Å². The van der Waals surface area contributed by atoms with Crippen LogP contribution in [0.5, 0.6) is 0 Å². The molecule has 0 spiro atoms. The minimum atomic E-state index is 0. The predicted octanol–water partition coefficient (Wildman–Crippen LogP) is 5.88. The Kier molecular flexibility index (Phi) is 43.0. The van der Waals surface area contributed by atoms with E-state index in [-0.39, 0.29) is 50.9 Å². The van der Waals surface area contributed by atoms with Crippen molar-refractivity contribution in [2.75, 3.05) is 0 Å². The Balaban J connectivity index is -0.000000135. The van der Waals surface area contributed by atoms with Crippen molar-refractivity contribution in [1.29, 1.82) is 0 Å². The Labute approximate surface area is 116 Å². The molecular formula is C10H25Br3. The second-order valence-electron chi connectivity index (χ2n) is 3.12. The summed E-state index contributed by atoms with van der Waals surface area (Å²) in [5.74, 6) is 0. The Morgan fingerprint density at radius 2 is 0.692 bits per heavy atom. The molecule has 86 valence electrons. The van der Waals surface area contributed by atoms with E-state index >= 15 is 0 Å². The average Bonchev–Trinajstić information content (AvgIpc) is 1.97. The van der Waals surface area contributed by atoms with Gasteiger partial charge in [-0.2, -0.15) is 0 Å². The van der Waals surface area contributed by atoms with Crippen LogP contribution in [0.1, 0.15) is 65.2 Å². The highest BCUT2D eigenvalue weighted by Crippen LogP contribution is 2.07. The van der Waals surface area contributed by atoms with Crippen LogP contribution in [0.4, 0.5) is 0 Å². The van der Waals surface area contributed by atoms with Gasteiger partial charge in [-0.25, -0.2) is 0 Å². The van der Waals surface area contributed by atoms with Crippen LogP contribution < -0.4 is 0 Å². The summed E-state index contributed by atoms with van der Waals surface area (Å²) >= 11 is 0. The molecule has 0 N–H and O–H groups in total. The standard InChI is InChI=1S/C10H22.3BrH/c1-3-5-7-9-10-8-6-4-2;;;/h3-10H2,1-2H3;3*1H. The minimum Gasteiger partial charge on any atom is -0.114 e. The van der Waals surface area contributed by atoms with Crippen LogP contribution in [0, 0.1) is 0 Å². The van der Waals surface area contributed by atoms with Gasteiger partial charge in [0.2, 0.25) is 0 Å². The van der Waals surface area contributed by atoms with Crippen molar-refractivity contribution in [1.82, 2.24) is 0 Å². The van der Waals surface area contributed by atoms with Crippen molar-refractivity contribution < 1.29 is 0 Å². The van der Waals surface area contributed by atoms with E-state index in [0.717, 1.165) is 0 Å². The molecule has 0 rings (SSSR count). The molecule has 0 aromatic heterocycles. The van der Waals surface area contributed by atoms with Crippen LogP contribution in [-0.2, 0) is 0 Å². The molecule has 0 saturated carbocycles. The summed E-state index contributed by atoms with van der Waals surface area (Å²) < 4.78 is 0. The van der Waals surface area contributed by atoms with Crippen molar-refractivity contribution in [3.8, 4) is 0 Å². The normalized spacial score (nSPS) is 7.85. The van der Waals surface area contributed by atoms with E-state index in [1.165, 1.54) is 51.4 Å². The molecule has 0 bridgehead atoms. The maximum absolute atomic E-state index is 2.27. The molecule has 0 aliphatic rings. The highest BCUT2D eigenvalue weighted by Gasteiger charge is 1.87. The Hall–Kier alpha value is 1.44. The summed E-state index contributed by atoms with van der Waals surface area (Å²) in [4.78, 5) is 0. The van der Waals surface area contributed by atoms with Crippen LogP contribution in [0.3, 0.4) is 0 Å². The first kappa shape index (κ1) is 23.9. The summed E-state index contributed by atoms with van der Waals surface area (Å²) in [6.45, 7) is 4.54. The van der Waals surface area contributed by atoms with E-state index < -0.39 is 0 Å². The van der Waals surface area contributed by atoms with Crippen LogP contribution >= 0.6 is 50.9 Å². The number of hydrogen-bond acceptors (Lipinski definition) is 0. The monoisotopic (exact) mass is 382 g/mol. The molecule has 0 radical (unpaired) electrons. The highest BCUT2D eigenvalue weighted by atomic mass is 79.9. The van der Waals surface area contributed by atoms with Crippen molar-refractivity contribution in [2.24, 2.45) is 0 Å². The SMILES string of the molecule is Br.Br.Br.CCCCCCCCCC. The average molecular weight is 385 g/mol. The van der Waals surface area contributed by atoms with E-state index in [9.17, 15) is 0 Å². The Morgan fingerprint density at radius 3 is 0.923 bits per heavy atom. The van der Waals surface area contributed by atoms with Gasteiger partial charge in [-0.05, 0) is 0 Å². The van der Waals surface area contributed by atoms with Crippen LogP contribution in [0.2, 0.25) is 0 Å².